The highest BCUT2D eigenvalue weighted by Gasteiger charge is 2.15. The first-order valence-electron chi connectivity index (χ1n) is 7.97. The van der Waals surface area contributed by atoms with Gasteiger partial charge in [-0.1, -0.05) is 6.92 Å². The maximum absolute atomic E-state index is 14.5. The average molecular weight is 372 g/mol. The number of halogens is 1. The van der Waals surface area contributed by atoms with Crippen molar-refractivity contribution in [2.24, 2.45) is 0 Å². The van der Waals surface area contributed by atoms with Crippen LogP contribution >= 0.6 is 0 Å². The van der Waals surface area contributed by atoms with Gasteiger partial charge in [0.25, 0.3) is 0 Å². The van der Waals surface area contributed by atoms with Crippen LogP contribution in [0, 0.1) is 17.1 Å². The number of ether oxygens (including phenoxy) is 1. The summed E-state index contributed by atoms with van der Waals surface area (Å²) < 4.78 is 34.4. The molecular weight excluding hydrogens is 355 g/mol. The van der Waals surface area contributed by atoms with Crippen LogP contribution in [0.1, 0.15) is 19.0 Å². The topological polar surface area (TPSA) is 90.8 Å². The summed E-state index contributed by atoms with van der Waals surface area (Å²) in [5.41, 5.74) is 2.55. The highest BCUT2D eigenvalue weighted by Crippen LogP contribution is 2.34. The van der Waals surface area contributed by atoms with Crippen molar-refractivity contribution >= 4 is 27.7 Å². The number of hydrogen-bond acceptors (Lipinski definition) is 4. The Morgan fingerprint density at radius 3 is 2.85 bits per heavy atom. The Balaban J connectivity index is 2.05. The van der Waals surface area contributed by atoms with Crippen molar-refractivity contribution in [2.45, 2.75) is 13.3 Å². The Hall–Kier alpha value is -2.92. The molecule has 0 fully saturated rings. The fourth-order valence-electron chi connectivity index (χ4n) is 2.64. The molecule has 0 saturated carbocycles. The van der Waals surface area contributed by atoms with Crippen LogP contribution in [0.4, 0.5) is 10.1 Å². The van der Waals surface area contributed by atoms with Crippen LogP contribution in [0.15, 0.2) is 30.5 Å². The first-order chi connectivity index (χ1) is 12.5. The normalized spacial score (nSPS) is 11.9. The summed E-state index contributed by atoms with van der Waals surface area (Å²) in [6.45, 7) is 1.92. The maximum atomic E-state index is 14.5. The molecule has 6 nitrogen and oxygen atoms in total. The van der Waals surface area contributed by atoms with Gasteiger partial charge in [0.2, 0.25) is 0 Å². The molecule has 0 radical (unpaired) electrons. The van der Waals surface area contributed by atoms with Gasteiger partial charge >= 0.3 is 0 Å². The van der Waals surface area contributed by atoms with Gasteiger partial charge in [-0.25, -0.2) is 13.6 Å². The third-order valence-corrected chi connectivity index (χ3v) is 5.01. The molecule has 3 rings (SSSR count). The highest BCUT2D eigenvalue weighted by molar-refractivity contribution is 7.86. The number of anilines is 1. The van der Waals surface area contributed by atoms with Gasteiger partial charge in [0.1, 0.15) is 28.4 Å². The predicted molar refractivity (Wildman–Crippen MR) is 99.7 cm³/mol. The molecule has 2 aromatic heterocycles. The first kappa shape index (κ1) is 17.9. The predicted octanol–water partition coefficient (Wildman–Crippen LogP) is 3.73. The van der Waals surface area contributed by atoms with Crippen molar-refractivity contribution in [3.05, 3.63) is 42.0 Å². The number of fused-ring (bicyclic) bond motifs is 1. The molecule has 134 valence electrons. The molecule has 1 atom stereocenters. The average Bonchev–Trinajstić information content (AvgIpc) is 3.04. The number of aromatic nitrogens is 2. The van der Waals surface area contributed by atoms with Crippen LogP contribution in [0.25, 0.3) is 22.2 Å². The minimum absolute atomic E-state index is 0.0145. The second-order valence-corrected chi connectivity index (χ2v) is 6.95. The molecular formula is C18H17FN4O2S. The first-order valence-corrected chi connectivity index (χ1v) is 9.29. The van der Waals surface area contributed by atoms with Crippen molar-refractivity contribution in [1.29, 1.82) is 5.26 Å². The number of nitrogens with one attached hydrogen (secondary N) is 2. The van der Waals surface area contributed by atoms with E-state index in [-0.39, 0.29) is 5.75 Å². The fourth-order valence-corrected chi connectivity index (χ4v) is 3.51. The van der Waals surface area contributed by atoms with Gasteiger partial charge in [-0.15, -0.1) is 0 Å². The fraction of sp³-hybridized carbons (Fsp3) is 0.222. The van der Waals surface area contributed by atoms with Crippen LogP contribution in [-0.2, 0) is 11.0 Å². The molecule has 0 aliphatic carbocycles. The van der Waals surface area contributed by atoms with Gasteiger partial charge in [0.05, 0.1) is 12.8 Å². The smallest absolute Gasteiger partial charge is 0.178 e. The summed E-state index contributed by atoms with van der Waals surface area (Å²) in [7, 11) is 0.0346. The molecule has 0 aliphatic heterocycles. The Labute approximate surface area is 152 Å². The van der Waals surface area contributed by atoms with Crippen molar-refractivity contribution in [1.82, 2.24) is 9.97 Å². The number of rotatable bonds is 6. The van der Waals surface area contributed by atoms with Gasteiger partial charge < -0.3 is 14.4 Å². The number of pyridine rings is 1. The second kappa shape index (κ2) is 7.54. The largest absolute Gasteiger partial charge is 0.492 e. The number of methoxy groups -OCH3 is 1. The lowest BCUT2D eigenvalue weighted by molar-refractivity contribution is 0.389. The quantitative estimate of drug-likeness (QED) is 0.690. The standard InChI is InChI=1S/C18H17FN4O2S/c1-3-4-26(24)23-16-8-11(7-15(19)17(16)25-2)13-5-12-6-14(9-20)22-18(12)21-10-13/h5-8,10,23H,3-4H2,1-2H3,(H,21,22). The van der Waals surface area contributed by atoms with E-state index in [0.717, 1.165) is 11.8 Å². The summed E-state index contributed by atoms with van der Waals surface area (Å²) in [5, 5.41) is 9.72. The van der Waals surface area contributed by atoms with E-state index in [9.17, 15) is 8.60 Å². The van der Waals surface area contributed by atoms with E-state index in [1.807, 2.05) is 19.1 Å². The third kappa shape index (κ3) is 3.53. The molecule has 8 heteroatoms. The molecule has 0 aliphatic rings. The van der Waals surface area contributed by atoms with Gasteiger partial charge in [-0.3, -0.25) is 0 Å². The molecule has 2 N–H and O–H groups in total. The van der Waals surface area contributed by atoms with Gasteiger partial charge in [0, 0.05) is 22.9 Å². The Bertz CT molecular complexity index is 1030. The van der Waals surface area contributed by atoms with Crippen LogP contribution in [0.2, 0.25) is 0 Å². The van der Waals surface area contributed by atoms with E-state index >= 15 is 0 Å². The highest BCUT2D eigenvalue weighted by atomic mass is 32.2. The number of nitrogens with zero attached hydrogens (tertiary/aromatic N) is 2. The van der Waals surface area contributed by atoms with Gasteiger partial charge in [-0.05, 0) is 36.2 Å². The minimum Gasteiger partial charge on any atom is -0.492 e. The number of aromatic amines is 1. The van der Waals surface area contributed by atoms with Crippen molar-refractivity contribution in [3.8, 4) is 22.9 Å². The SMILES string of the molecule is CCCS(=O)Nc1cc(-c2cnc3[nH]c(C#N)cc3c2)cc(F)c1OC. The molecule has 0 bridgehead atoms. The van der Waals surface area contributed by atoms with Crippen LogP contribution < -0.4 is 9.46 Å². The van der Waals surface area contributed by atoms with Crippen molar-refractivity contribution in [3.63, 3.8) is 0 Å². The number of nitriles is 1. The zero-order chi connectivity index (χ0) is 18.7. The molecule has 0 saturated heterocycles. The van der Waals surface area contributed by atoms with Crippen LogP contribution in [0.3, 0.4) is 0 Å². The number of H-pyrrole nitrogens is 1. The Morgan fingerprint density at radius 1 is 1.35 bits per heavy atom. The van der Waals surface area contributed by atoms with Crippen LogP contribution in [0.5, 0.6) is 5.75 Å². The van der Waals surface area contributed by atoms with Gasteiger partial charge in [-0.2, -0.15) is 5.26 Å². The summed E-state index contributed by atoms with van der Waals surface area (Å²) in [4.78, 5) is 7.16. The van der Waals surface area contributed by atoms with E-state index in [1.54, 1.807) is 18.3 Å². The maximum Gasteiger partial charge on any atom is 0.178 e. The van der Waals surface area contributed by atoms with E-state index in [4.69, 9.17) is 10.00 Å². The van der Waals surface area contributed by atoms with Gasteiger partial charge in [0.15, 0.2) is 11.6 Å². The molecule has 0 spiro atoms. The minimum atomic E-state index is -1.33. The molecule has 1 unspecified atom stereocenters. The summed E-state index contributed by atoms with van der Waals surface area (Å²) in [5.74, 6) is -0.100. The molecule has 1 aromatic carbocycles. The lowest BCUT2D eigenvalue weighted by Gasteiger charge is -2.13. The zero-order valence-electron chi connectivity index (χ0n) is 14.3. The number of benzene rings is 1. The third-order valence-electron chi connectivity index (χ3n) is 3.78. The lowest BCUT2D eigenvalue weighted by Crippen LogP contribution is -2.09. The van der Waals surface area contributed by atoms with E-state index in [0.29, 0.717) is 33.9 Å². The Kier molecular flexibility index (Phi) is 5.19. The summed E-state index contributed by atoms with van der Waals surface area (Å²) >= 11 is 0. The Morgan fingerprint density at radius 2 is 2.15 bits per heavy atom. The molecule has 26 heavy (non-hydrogen) atoms. The summed E-state index contributed by atoms with van der Waals surface area (Å²) in [6.07, 6.45) is 2.33. The lowest BCUT2D eigenvalue weighted by atomic mass is 10.1. The molecule has 3 aromatic rings. The van der Waals surface area contributed by atoms with E-state index in [1.165, 1.54) is 13.2 Å². The summed E-state index contributed by atoms with van der Waals surface area (Å²) in [6, 6.07) is 8.54. The second-order valence-electron chi connectivity index (χ2n) is 5.65. The molecule has 2 heterocycles. The number of hydrogen-bond donors (Lipinski definition) is 2. The monoisotopic (exact) mass is 372 g/mol. The van der Waals surface area contributed by atoms with E-state index in [2.05, 4.69) is 14.7 Å². The van der Waals surface area contributed by atoms with Crippen molar-refractivity contribution in [2.75, 3.05) is 17.6 Å². The van der Waals surface area contributed by atoms with Crippen LogP contribution in [-0.4, -0.2) is 27.0 Å². The molecule has 0 amide bonds. The zero-order valence-corrected chi connectivity index (χ0v) is 15.1. The van der Waals surface area contributed by atoms with E-state index < -0.39 is 16.8 Å². The van der Waals surface area contributed by atoms with Crippen molar-refractivity contribution < 1.29 is 13.3 Å².